The number of nitrogens with zero attached hydrogens (tertiary/aromatic N) is 4. The van der Waals surface area contributed by atoms with Gasteiger partial charge in [-0.2, -0.15) is 0 Å². The van der Waals surface area contributed by atoms with Gasteiger partial charge in [0.2, 0.25) is 10.0 Å². The van der Waals surface area contributed by atoms with Crippen molar-refractivity contribution in [2.24, 2.45) is 10.9 Å². The van der Waals surface area contributed by atoms with Crippen molar-refractivity contribution in [2.75, 3.05) is 33.2 Å². The Morgan fingerprint density at radius 3 is 2.75 bits per heavy atom. The minimum Gasteiger partial charge on any atom is -0.355 e. The maximum absolute atomic E-state index is 12.3. The zero-order valence-electron chi connectivity index (χ0n) is 16.3. The number of likely N-dealkylation sites (tertiary alicyclic amines) is 1. The van der Waals surface area contributed by atoms with Crippen LogP contribution in [0.25, 0.3) is 0 Å². The zero-order chi connectivity index (χ0) is 20.0. The van der Waals surface area contributed by atoms with Crippen LogP contribution in [0.5, 0.6) is 0 Å². The van der Waals surface area contributed by atoms with Crippen LogP contribution in [0.15, 0.2) is 58.9 Å². The quantitative estimate of drug-likeness (QED) is 0.430. The number of hydrogen-bond acceptors (Lipinski definition) is 4. The van der Waals surface area contributed by atoms with Gasteiger partial charge in [-0.1, -0.05) is 25.1 Å². The second-order valence-corrected chi connectivity index (χ2v) is 8.74. The average molecular weight is 405 g/mol. The van der Waals surface area contributed by atoms with Crippen LogP contribution in [0.1, 0.15) is 19.4 Å². The van der Waals surface area contributed by atoms with E-state index in [0.717, 1.165) is 25.5 Å². The molecule has 2 unspecified atom stereocenters. The van der Waals surface area contributed by atoms with Crippen molar-refractivity contribution in [2.45, 2.75) is 24.3 Å². The van der Waals surface area contributed by atoms with Gasteiger partial charge in [-0.05, 0) is 24.5 Å². The number of aromatic nitrogens is 2. The lowest BCUT2D eigenvalue weighted by Gasteiger charge is -2.39. The van der Waals surface area contributed by atoms with Crippen molar-refractivity contribution in [1.29, 1.82) is 0 Å². The molecule has 0 aliphatic carbocycles. The number of aliphatic imine (C=N–C) groups is 1. The summed E-state index contributed by atoms with van der Waals surface area (Å²) < 4.78 is 29.3. The molecule has 0 saturated carbocycles. The molecule has 1 aromatic heterocycles. The number of nitrogens with one attached hydrogen (secondary N) is 2. The summed E-state index contributed by atoms with van der Waals surface area (Å²) in [5.41, 5.74) is 0. The van der Waals surface area contributed by atoms with E-state index in [0.29, 0.717) is 18.5 Å². The molecule has 1 aromatic carbocycles. The summed E-state index contributed by atoms with van der Waals surface area (Å²) in [6.07, 6.45) is 6.72. The fourth-order valence-corrected chi connectivity index (χ4v) is 4.52. The number of guanidine groups is 1. The summed E-state index contributed by atoms with van der Waals surface area (Å²) in [7, 11) is -1.74. The zero-order valence-corrected chi connectivity index (χ0v) is 17.1. The normalized spacial score (nSPS) is 20.9. The number of rotatable bonds is 6. The third-order valence-electron chi connectivity index (χ3n) is 5.09. The monoisotopic (exact) mass is 404 g/mol. The van der Waals surface area contributed by atoms with Gasteiger partial charge < -0.3 is 14.8 Å². The lowest BCUT2D eigenvalue weighted by atomic mass is 9.93. The predicted molar refractivity (Wildman–Crippen MR) is 110 cm³/mol. The molecule has 1 aliphatic heterocycles. The van der Waals surface area contributed by atoms with Crippen molar-refractivity contribution in [1.82, 2.24) is 24.5 Å². The van der Waals surface area contributed by atoms with Gasteiger partial charge >= 0.3 is 0 Å². The molecule has 152 valence electrons. The molecule has 0 spiro atoms. The van der Waals surface area contributed by atoms with E-state index in [1.165, 1.54) is 0 Å². The van der Waals surface area contributed by atoms with Gasteiger partial charge in [0.25, 0.3) is 0 Å². The Labute approximate surface area is 166 Å². The van der Waals surface area contributed by atoms with Gasteiger partial charge in [0.15, 0.2) is 5.96 Å². The summed E-state index contributed by atoms with van der Waals surface area (Å²) in [6.45, 7) is 4.76. The van der Waals surface area contributed by atoms with Crippen LogP contribution < -0.4 is 10.0 Å². The van der Waals surface area contributed by atoms with E-state index in [1.54, 1.807) is 43.6 Å². The Balaban J connectivity index is 1.52. The van der Waals surface area contributed by atoms with Crippen molar-refractivity contribution in [3.63, 3.8) is 0 Å². The van der Waals surface area contributed by atoms with Crippen LogP contribution in [-0.4, -0.2) is 62.1 Å². The van der Waals surface area contributed by atoms with Crippen LogP contribution >= 0.6 is 0 Å². The Bertz CT molecular complexity index is 867. The largest absolute Gasteiger partial charge is 0.355 e. The predicted octanol–water partition coefficient (Wildman–Crippen LogP) is 1.32. The standard InChI is InChI=1S/C19H28N6O2S/c1-16-8-12-24(14-18(16)25-13-11-21-15-25)19(20-2)22-9-10-23-28(26,27)17-6-4-3-5-7-17/h3-7,11,13,15-16,18,23H,8-10,12,14H2,1-2H3,(H,20,22). The van der Waals surface area contributed by atoms with Gasteiger partial charge in [-0.25, -0.2) is 18.1 Å². The van der Waals surface area contributed by atoms with Crippen molar-refractivity contribution in [3.8, 4) is 0 Å². The number of benzene rings is 1. The summed E-state index contributed by atoms with van der Waals surface area (Å²) >= 11 is 0. The second kappa shape index (κ2) is 9.20. The Hall–Kier alpha value is -2.39. The lowest BCUT2D eigenvalue weighted by Crippen LogP contribution is -2.50. The number of hydrogen-bond donors (Lipinski definition) is 2. The molecular weight excluding hydrogens is 376 g/mol. The molecule has 1 saturated heterocycles. The first-order chi connectivity index (χ1) is 13.5. The molecule has 2 N–H and O–H groups in total. The van der Waals surface area contributed by atoms with E-state index in [9.17, 15) is 8.42 Å². The number of piperidine rings is 1. The molecule has 0 radical (unpaired) electrons. The summed E-state index contributed by atoms with van der Waals surface area (Å²) in [5, 5.41) is 3.27. The Morgan fingerprint density at radius 1 is 1.29 bits per heavy atom. The number of sulfonamides is 1. The Morgan fingerprint density at radius 2 is 2.07 bits per heavy atom. The van der Waals surface area contributed by atoms with Gasteiger partial charge in [0.1, 0.15) is 0 Å². The van der Waals surface area contributed by atoms with Crippen LogP contribution in [0.3, 0.4) is 0 Å². The molecule has 28 heavy (non-hydrogen) atoms. The third-order valence-corrected chi connectivity index (χ3v) is 6.57. The van der Waals surface area contributed by atoms with Crippen LogP contribution in [0, 0.1) is 5.92 Å². The molecule has 3 rings (SSSR count). The molecule has 2 aromatic rings. The molecule has 2 atom stereocenters. The molecule has 1 fully saturated rings. The van der Waals surface area contributed by atoms with E-state index in [1.807, 2.05) is 12.5 Å². The average Bonchev–Trinajstić information content (AvgIpc) is 3.24. The topological polar surface area (TPSA) is 91.6 Å². The minimum atomic E-state index is -3.49. The molecule has 1 aliphatic rings. The summed E-state index contributed by atoms with van der Waals surface area (Å²) in [6, 6.07) is 8.72. The lowest BCUT2D eigenvalue weighted by molar-refractivity contribution is 0.189. The second-order valence-electron chi connectivity index (χ2n) is 6.97. The fourth-order valence-electron chi connectivity index (χ4n) is 3.47. The minimum absolute atomic E-state index is 0.271. The first kappa shape index (κ1) is 20.3. The van der Waals surface area contributed by atoms with E-state index in [4.69, 9.17) is 0 Å². The molecule has 9 heteroatoms. The maximum Gasteiger partial charge on any atom is 0.240 e. The fraction of sp³-hybridized carbons (Fsp3) is 0.474. The third kappa shape index (κ3) is 4.90. The van der Waals surface area contributed by atoms with E-state index >= 15 is 0 Å². The highest BCUT2D eigenvalue weighted by atomic mass is 32.2. The molecule has 0 amide bonds. The van der Waals surface area contributed by atoms with Crippen molar-refractivity contribution >= 4 is 16.0 Å². The van der Waals surface area contributed by atoms with Crippen LogP contribution in [-0.2, 0) is 10.0 Å². The van der Waals surface area contributed by atoms with Gasteiger partial charge in [0.05, 0.1) is 17.3 Å². The highest BCUT2D eigenvalue weighted by molar-refractivity contribution is 7.89. The smallest absolute Gasteiger partial charge is 0.240 e. The van der Waals surface area contributed by atoms with Crippen LogP contribution in [0.4, 0.5) is 0 Å². The first-order valence-corrected chi connectivity index (χ1v) is 11.0. The Kier molecular flexibility index (Phi) is 6.69. The summed E-state index contributed by atoms with van der Waals surface area (Å²) in [4.78, 5) is 11.0. The number of imidazole rings is 1. The van der Waals surface area contributed by atoms with E-state index in [-0.39, 0.29) is 11.4 Å². The molecule has 0 bridgehead atoms. The van der Waals surface area contributed by atoms with Gasteiger partial charge in [0, 0.05) is 45.6 Å². The van der Waals surface area contributed by atoms with Crippen LogP contribution in [0.2, 0.25) is 0 Å². The maximum atomic E-state index is 12.3. The summed E-state index contributed by atoms with van der Waals surface area (Å²) in [5.74, 6) is 1.34. The highest BCUT2D eigenvalue weighted by Gasteiger charge is 2.28. The van der Waals surface area contributed by atoms with Crippen molar-refractivity contribution in [3.05, 3.63) is 49.1 Å². The SMILES string of the molecule is CN=C(NCCNS(=O)(=O)c1ccccc1)N1CCC(C)C(n2ccnc2)C1. The van der Waals surface area contributed by atoms with E-state index < -0.39 is 10.0 Å². The first-order valence-electron chi connectivity index (χ1n) is 9.49. The van der Waals surface area contributed by atoms with Gasteiger partial charge in [-0.15, -0.1) is 0 Å². The molecular formula is C19H28N6O2S. The van der Waals surface area contributed by atoms with Gasteiger partial charge in [-0.3, -0.25) is 4.99 Å². The molecule has 8 nitrogen and oxygen atoms in total. The highest BCUT2D eigenvalue weighted by Crippen LogP contribution is 2.27. The molecule has 2 heterocycles. The van der Waals surface area contributed by atoms with Crippen molar-refractivity contribution < 1.29 is 8.42 Å². The van der Waals surface area contributed by atoms with E-state index in [2.05, 4.69) is 36.4 Å².